The van der Waals surface area contributed by atoms with Crippen LogP contribution in [0.25, 0.3) is 0 Å². The highest BCUT2D eigenvalue weighted by Crippen LogP contribution is 2.64. The van der Waals surface area contributed by atoms with Crippen LogP contribution in [-0.2, 0) is 9.53 Å². The summed E-state index contributed by atoms with van der Waals surface area (Å²) in [6.07, 6.45) is 4.43. The molecule has 68 valence electrons. The number of hydrogen-bond donors (Lipinski definition) is 1. The second-order valence-electron chi connectivity index (χ2n) is 3.91. The summed E-state index contributed by atoms with van der Waals surface area (Å²) in [6.45, 7) is 0. The highest BCUT2D eigenvalue weighted by molar-refractivity contribution is 5.76. The number of carboxylic acid groups (broad SMARTS) is 1. The first kappa shape index (κ1) is 8.05. The summed E-state index contributed by atoms with van der Waals surface area (Å²) >= 11 is 0. The van der Waals surface area contributed by atoms with Gasteiger partial charge in [-0.15, -0.1) is 0 Å². The lowest BCUT2D eigenvalue weighted by Gasteiger charge is -2.04. The number of rotatable bonds is 2. The zero-order valence-electron chi connectivity index (χ0n) is 7.25. The van der Waals surface area contributed by atoms with E-state index in [0.717, 1.165) is 12.8 Å². The average Bonchev–Trinajstić information content (AvgIpc) is 2.34. The maximum absolute atomic E-state index is 10.8. The highest BCUT2D eigenvalue weighted by atomic mass is 16.5. The smallest absolute Gasteiger partial charge is 0.309 e. The lowest BCUT2D eigenvalue weighted by molar-refractivity contribution is -0.140. The van der Waals surface area contributed by atoms with Crippen molar-refractivity contribution in [2.45, 2.75) is 31.8 Å². The van der Waals surface area contributed by atoms with Gasteiger partial charge in [-0.25, -0.2) is 0 Å². The predicted octanol–water partition coefficient (Wildman–Crippen LogP) is 1.28. The van der Waals surface area contributed by atoms with Crippen molar-refractivity contribution in [1.82, 2.24) is 0 Å². The molecule has 12 heavy (non-hydrogen) atoms. The maximum Gasteiger partial charge on any atom is 0.309 e. The minimum absolute atomic E-state index is 0.00231. The van der Waals surface area contributed by atoms with E-state index in [1.165, 1.54) is 12.8 Å². The molecule has 2 fully saturated rings. The molecule has 0 bridgehead atoms. The van der Waals surface area contributed by atoms with Gasteiger partial charge in [-0.05, 0) is 12.8 Å². The number of carboxylic acids is 1. The van der Waals surface area contributed by atoms with E-state index in [4.69, 9.17) is 9.84 Å². The molecule has 2 saturated carbocycles. The molecule has 0 aromatic heterocycles. The van der Waals surface area contributed by atoms with Crippen LogP contribution in [0.5, 0.6) is 0 Å². The van der Waals surface area contributed by atoms with E-state index < -0.39 is 5.97 Å². The summed E-state index contributed by atoms with van der Waals surface area (Å²) in [4.78, 5) is 10.8. The molecule has 2 aliphatic carbocycles. The summed E-state index contributed by atoms with van der Waals surface area (Å²) in [7, 11) is 1.62. The normalized spacial score (nSPS) is 37.1. The zero-order valence-corrected chi connectivity index (χ0v) is 7.25. The highest BCUT2D eigenvalue weighted by Gasteiger charge is 2.69. The average molecular weight is 170 g/mol. The fourth-order valence-corrected chi connectivity index (χ4v) is 2.83. The van der Waals surface area contributed by atoms with E-state index in [9.17, 15) is 4.79 Å². The molecule has 0 heterocycles. The van der Waals surface area contributed by atoms with Gasteiger partial charge in [0.15, 0.2) is 0 Å². The molecule has 3 nitrogen and oxygen atoms in total. The van der Waals surface area contributed by atoms with Crippen molar-refractivity contribution in [3.05, 3.63) is 0 Å². The maximum atomic E-state index is 10.8. The number of hydrogen-bond acceptors (Lipinski definition) is 2. The number of ether oxygens (including phenoxy) is 1. The lowest BCUT2D eigenvalue weighted by Crippen LogP contribution is -2.06. The van der Waals surface area contributed by atoms with Crippen molar-refractivity contribution in [3.8, 4) is 0 Å². The second-order valence-corrected chi connectivity index (χ2v) is 3.91. The number of aliphatic carboxylic acids is 1. The van der Waals surface area contributed by atoms with E-state index in [-0.39, 0.29) is 17.4 Å². The third-order valence-electron chi connectivity index (χ3n) is 3.43. The van der Waals surface area contributed by atoms with Gasteiger partial charge in [-0.3, -0.25) is 4.79 Å². The van der Waals surface area contributed by atoms with Crippen LogP contribution in [0.2, 0.25) is 0 Å². The van der Waals surface area contributed by atoms with E-state index in [0.29, 0.717) is 0 Å². The van der Waals surface area contributed by atoms with E-state index in [1.807, 2.05) is 0 Å². The molecular formula is C9H14O3. The number of carbonyl (C=O) groups is 1. The molecule has 1 spiro atoms. The number of methoxy groups -OCH3 is 1. The quantitative estimate of drug-likeness (QED) is 0.679. The van der Waals surface area contributed by atoms with Crippen LogP contribution < -0.4 is 0 Å². The standard InChI is InChI=1S/C9H14O3/c1-12-7-6(8(10)11)9(7)4-2-3-5-9/h6-7H,2-5H2,1H3,(H,10,11)/t6-,7-/m0/s1. The molecule has 0 aliphatic heterocycles. The second kappa shape index (κ2) is 2.46. The summed E-state index contributed by atoms with van der Waals surface area (Å²) in [5, 5.41) is 8.90. The Bertz CT molecular complexity index is 206. The Hall–Kier alpha value is -0.570. The first-order chi connectivity index (χ1) is 5.72. The van der Waals surface area contributed by atoms with Gasteiger partial charge in [-0.1, -0.05) is 12.8 Å². The largest absolute Gasteiger partial charge is 0.481 e. The third-order valence-corrected chi connectivity index (χ3v) is 3.43. The van der Waals surface area contributed by atoms with Gasteiger partial charge in [0.25, 0.3) is 0 Å². The molecule has 2 aliphatic rings. The van der Waals surface area contributed by atoms with E-state index in [1.54, 1.807) is 7.11 Å². The molecule has 1 N–H and O–H groups in total. The lowest BCUT2D eigenvalue weighted by atomic mass is 10.0. The third kappa shape index (κ3) is 0.829. The van der Waals surface area contributed by atoms with Gasteiger partial charge in [0.2, 0.25) is 0 Å². The van der Waals surface area contributed by atoms with Gasteiger partial charge < -0.3 is 9.84 Å². The van der Waals surface area contributed by atoms with Crippen LogP contribution in [0, 0.1) is 11.3 Å². The molecule has 2 rings (SSSR count). The fourth-order valence-electron chi connectivity index (χ4n) is 2.83. The van der Waals surface area contributed by atoms with Crippen LogP contribution >= 0.6 is 0 Å². The molecule has 3 heteroatoms. The van der Waals surface area contributed by atoms with Gasteiger partial charge in [0, 0.05) is 12.5 Å². The Morgan fingerprint density at radius 3 is 2.42 bits per heavy atom. The Labute approximate surface area is 71.7 Å². The monoisotopic (exact) mass is 170 g/mol. The van der Waals surface area contributed by atoms with Crippen LogP contribution in [0.15, 0.2) is 0 Å². The zero-order chi connectivity index (χ0) is 8.77. The molecule has 0 amide bonds. The van der Waals surface area contributed by atoms with Crippen molar-refractivity contribution < 1.29 is 14.6 Å². The van der Waals surface area contributed by atoms with Gasteiger partial charge >= 0.3 is 5.97 Å². The van der Waals surface area contributed by atoms with Crippen LogP contribution in [0.1, 0.15) is 25.7 Å². The molecule has 0 radical (unpaired) electrons. The molecule has 0 saturated heterocycles. The summed E-state index contributed by atoms with van der Waals surface area (Å²) < 4.78 is 5.19. The Kier molecular flexibility index (Phi) is 1.65. The Balaban J connectivity index is 2.12. The van der Waals surface area contributed by atoms with Crippen LogP contribution in [0.4, 0.5) is 0 Å². The first-order valence-corrected chi connectivity index (χ1v) is 4.48. The first-order valence-electron chi connectivity index (χ1n) is 4.48. The van der Waals surface area contributed by atoms with Crippen molar-refractivity contribution in [2.24, 2.45) is 11.3 Å². The van der Waals surface area contributed by atoms with Crippen LogP contribution in [-0.4, -0.2) is 24.3 Å². The van der Waals surface area contributed by atoms with Gasteiger partial charge in [-0.2, -0.15) is 0 Å². The van der Waals surface area contributed by atoms with Crippen molar-refractivity contribution in [3.63, 3.8) is 0 Å². The van der Waals surface area contributed by atoms with Crippen molar-refractivity contribution in [2.75, 3.05) is 7.11 Å². The molecule has 2 atom stereocenters. The van der Waals surface area contributed by atoms with E-state index in [2.05, 4.69) is 0 Å². The topological polar surface area (TPSA) is 46.5 Å². The minimum atomic E-state index is -0.677. The Morgan fingerprint density at radius 2 is 2.08 bits per heavy atom. The van der Waals surface area contributed by atoms with Gasteiger partial charge in [0.1, 0.15) is 0 Å². The van der Waals surface area contributed by atoms with Crippen LogP contribution in [0.3, 0.4) is 0 Å². The van der Waals surface area contributed by atoms with Gasteiger partial charge in [0.05, 0.1) is 12.0 Å². The van der Waals surface area contributed by atoms with E-state index >= 15 is 0 Å². The predicted molar refractivity (Wildman–Crippen MR) is 42.8 cm³/mol. The van der Waals surface area contributed by atoms with Crippen molar-refractivity contribution in [1.29, 1.82) is 0 Å². The summed E-state index contributed by atoms with van der Waals surface area (Å²) in [5.41, 5.74) is 0.0284. The van der Waals surface area contributed by atoms with Crippen molar-refractivity contribution >= 4 is 5.97 Å². The SMILES string of the molecule is CO[C@H]1[C@@H](C(=O)O)C12CCCC2. The minimum Gasteiger partial charge on any atom is -0.481 e. The molecular weight excluding hydrogens is 156 g/mol. The molecule has 0 aromatic rings. The molecule has 0 aromatic carbocycles. The fraction of sp³-hybridized carbons (Fsp3) is 0.889. The Morgan fingerprint density at radius 1 is 1.50 bits per heavy atom. The summed E-state index contributed by atoms with van der Waals surface area (Å²) in [5.74, 6) is -0.895. The summed E-state index contributed by atoms with van der Waals surface area (Å²) in [6, 6.07) is 0. The molecule has 0 unspecified atom stereocenters.